The van der Waals surface area contributed by atoms with E-state index in [-0.39, 0.29) is 18.6 Å². The van der Waals surface area contributed by atoms with Crippen LogP contribution in [0.3, 0.4) is 0 Å². The third-order valence-corrected chi connectivity index (χ3v) is 3.53. The zero-order valence-electron chi connectivity index (χ0n) is 11.7. The number of carbonyl (C=O) groups excluding carboxylic acids is 1. The first-order valence-corrected chi connectivity index (χ1v) is 7.14. The van der Waals surface area contributed by atoms with Crippen molar-refractivity contribution in [3.8, 4) is 0 Å². The lowest BCUT2D eigenvalue weighted by molar-refractivity contribution is 0.0701. The molecule has 1 fully saturated rings. The van der Waals surface area contributed by atoms with Gasteiger partial charge in [0.05, 0.1) is 19.3 Å². The smallest absolute Gasteiger partial charge is 0.276 e. The topological polar surface area (TPSA) is 71.2 Å². The molecule has 6 heteroatoms. The Morgan fingerprint density at radius 1 is 1.33 bits per heavy atom. The summed E-state index contributed by atoms with van der Waals surface area (Å²) in [6.45, 7) is 0.917. The predicted octanol–water partition coefficient (Wildman–Crippen LogP) is 0.923. The van der Waals surface area contributed by atoms with Crippen LogP contribution in [0.2, 0.25) is 0 Å². The molecule has 1 N–H and O–H groups in total. The van der Waals surface area contributed by atoms with Gasteiger partial charge in [0.1, 0.15) is 0 Å². The first-order valence-electron chi connectivity index (χ1n) is 7.14. The van der Waals surface area contributed by atoms with Crippen LogP contribution in [0.25, 0.3) is 0 Å². The largest absolute Gasteiger partial charge is 0.395 e. The molecule has 0 unspecified atom stereocenters. The summed E-state index contributed by atoms with van der Waals surface area (Å²) < 4.78 is 1.66. The summed E-state index contributed by atoms with van der Waals surface area (Å²) in [5, 5.41) is 17.1. The fourth-order valence-corrected chi connectivity index (χ4v) is 2.34. The van der Waals surface area contributed by atoms with Gasteiger partial charge in [-0.1, -0.05) is 35.5 Å². The third-order valence-electron chi connectivity index (χ3n) is 3.53. The highest BCUT2D eigenvalue weighted by Crippen LogP contribution is 2.27. The van der Waals surface area contributed by atoms with E-state index >= 15 is 0 Å². The van der Waals surface area contributed by atoms with E-state index in [9.17, 15) is 4.79 Å². The molecule has 1 saturated carbocycles. The van der Waals surface area contributed by atoms with E-state index in [0.717, 1.165) is 18.4 Å². The van der Waals surface area contributed by atoms with E-state index in [2.05, 4.69) is 10.3 Å². The van der Waals surface area contributed by atoms with Crippen LogP contribution >= 0.6 is 0 Å². The van der Waals surface area contributed by atoms with Gasteiger partial charge in [-0.3, -0.25) is 4.79 Å². The molecule has 0 saturated heterocycles. The summed E-state index contributed by atoms with van der Waals surface area (Å²) in [5.41, 5.74) is 1.45. The number of benzene rings is 1. The van der Waals surface area contributed by atoms with Gasteiger partial charge in [-0.15, -0.1) is 5.10 Å². The molecule has 0 atom stereocenters. The molecule has 1 aliphatic rings. The van der Waals surface area contributed by atoms with E-state index < -0.39 is 0 Å². The number of aliphatic hydroxyl groups is 1. The van der Waals surface area contributed by atoms with Crippen LogP contribution in [-0.2, 0) is 6.54 Å². The summed E-state index contributed by atoms with van der Waals surface area (Å²) in [4.78, 5) is 14.1. The second kappa shape index (κ2) is 6.05. The van der Waals surface area contributed by atoms with Gasteiger partial charge in [0.15, 0.2) is 5.69 Å². The Morgan fingerprint density at radius 2 is 2.10 bits per heavy atom. The Hall–Kier alpha value is -2.21. The van der Waals surface area contributed by atoms with Gasteiger partial charge in [0.2, 0.25) is 0 Å². The van der Waals surface area contributed by atoms with Crippen molar-refractivity contribution in [1.29, 1.82) is 0 Å². The Bertz CT molecular complexity index is 607. The zero-order valence-corrected chi connectivity index (χ0v) is 11.7. The van der Waals surface area contributed by atoms with Gasteiger partial charge in [0, 0.05) is 12.6 Å². The van der Waals surface area contributed by atoms with E-state index in [4.69, 9.17) is 5.11 Å². The summed E-state index contributed by atoms with van der Waals surface area (Å²) in [6.07, 6.45) is 3.68. The van der Waals surface area contributed by atoms with Gasteiger partial charge >= 0.3 is 0 Å². The van der Waals surface area contributed by atoms with Crippen molar-refractivity contribution < 1.29 is 9.90 Å². The minimum absolute atomic E-state index is 0.0274. The second-order valence-corrected chi connectivity index (χ2v) is 5.24. The van der Waals surface area contributed by atoms with E-state index in [1.54, 1.807) is 15.8 Å². The molecular weight excluding hydrogens is 268 g/mol. The molecule has 1 aromatic heterocycles. The van der Waals surface area contributed by atoms with E-state index in [0.29, 0.717) is 18.8 Å². The number of nitrogens with zero attached hydrogens (tertiary/aromatic N) is 4. The molecule has 0 bridgehead atoms. The molecule has 0 spiro atoms. The molecule has 110 valence electrons. The van der Waals surface area contributed by atoms with Crippen LogP contribution in [0.5, 0.6) is 0 Å². The van der Waals surface area contributed by atoms with Crippen LogP contribution < -0.4 is 0 Å². The van der Waals surface area contributed by atoms with Crippen LogP contribution in [0.1, 0.15) is 28.9 Å². The molecule has 21 heavy (non-hydrogen) atoms. The molecule has 1 amide bonds. The quantitative estimate of drug-likeness (QED) is 0.857. The SMILES string of the molecule is O=C(c1cn(Cc2ccccc2)nn1)N(CCO)C1CC1. The molecule has 1 aliphatic carbocycles. The lowest BCUT2D eigenvalue weighted by Crippen LogP contribution is -2.35. The van der Waals surface area contributed by atoms with Crippen molar-refractivity contribution in [2.75, 3.05) is 13.2 Å². The summed E-state index contributed by atoms with van der Waals surface area (Å²) in [5.74, 6) is -0.147. The highest BCUT2D eigenvalue weighted by atomic mass is 16.3. The maximum atomic E-state index is 12.4. The van der Waals surface area contributed by atoms with Gasteiger partial charge in [-0.2, -0.15) is 0 Å². The highest BCUT2D eigenvalue weighted by Gasteiger charge is 2.33. The average Bonchev–Trinajstić information content (AvgIpc) is 3.24. The maximum absolute atomic E-state index is 12.4. The lowest BCUT2D eigenvalue weighted by Gasteiger charge is -2.19. The number of carbonyl (C=O) groups is 1. The standard InChI is InChI=1S/C15H18N4O2/c20-9-8-19(13-6-7-13)15(21)14-11-18(17-16-14)10-12-4-2-1-3-5-12/h1-5,11,13,20H,6-10H2. The first kappa shape index (κ1) is 13.8. The molecule has 1 aromatic carbocycles. The normalized spacial score (nSPS) is 14.1. The van der Waals surface area contributed by atoms with Crippen molar-refractivity contribution in [1.82, 2.24) is 19.9 Å². The predicted molar refractivity (Wildman–Crippen MR) is 76.7 cm³/mol. The van der Waals surface area contributed by atoms with Crippen LogP contribution in [0.4, 0.5) is 0 Å². The molecule has 0 radical (unpaired) electrons. The number of aromatic nitrogens is 3. The summed E-state index contributed by atoms with van der Waals surface area (Å²) in [6, 6.07) is 10.2. The Morgan fingerprint density at radius 3 is 2.76 bits per heavy atom. The van der Waals surface area contributed by atoms with Gasteiger partial charge in [0.25, 0.3) is 5.91 Å². The van der Waals surface area contributed by atoms with Crippen molar-refractivity contribution in [2.24, 2.45) is 0 Å². The Kier molecular flexibility index (Phi) is 3.96. The van der Waals surface area contributed by atoms with Crippen LogP contribution in [-0.4, -0.2) is 50.1 Å². The highest BCUT2D eigenvalue weighted by molar-refractivity contribution is 5.92. The minimum Gasteiger partial charge on any atom is -0.395 e. The first-order chi connectivity index (χ1) is 10.3. The van der Waals surface area contributed by atoms with Crippen molar-refractivity contribution in [2.45, 2.75) is 25.4 Å². The zero-order chi connectivity index (χ0) is 14.7. The average molecular weight is 286 g/mol. The molecule has 6 nitrogen and oxygen atoms in total. The van der Waals surface area contributed by atoms with E-state index in [1.165, 1.54) is 0 Å². The van der Waals surface area contributed by atoms with Crippen LogP contribution in [0.15, 0.2) is 36.5 Å². The van der Waals surface area contributed by atoms with E-state index in [1.807, 2.05) is 30.3 Å². The Balaban J connectivity index is 1.70. The monoisotopic (exact) mass is 286 g/mol. The van der Waals surface area contributed by atoms with Gasteiger partial charge in [-0.25, -0.2) is 4.68 Å². The maximum Gasteiger partial charge on any atom is 0.276 e. The summed E-state index contributed by atoms with van der Waals surface area (Å²) >= 11 is 0. The fraction of sp³-hybridized carbons (Fsp3) is 0.400. The summed E-state index contributed by atoms with van der Waals surface area (Å²) in [7, 11) is 0. The number of amides is 1. The van der Waals surface area contributed by atoms with Gasteiger partial charge in [-0.05, 0) is 18.4 Å². The molecule has 0 aliphatic heterocycles. The minimum atomic E-state index is -0.147. The van der Waals surface area contributed by atoms with Crippen molar-refractivity contribution in [3.05, 3.63) is 47.8 Å². The fourth-order valence-electron chi connectivity index (χ4n) is 2.34. The second-order valence-electron chi connectivity index (χ2n) is 5.24. The number of aliphatic hydroxyl groups excluding tert-OH is 1. The van der Waals surface area contributed by atoms with Crippen LogP contribution in [0, 0.1) is 0 Å². The van der Waals surface area contributed by atoms with Gasteiger partial charge < -0.3 is 10.0 Å². The van der Waals surface area contributed by atoms with Crippen molar-refractivity contribution in [3.63, 3.8) is 0 Å². The Labute approximate surface area is 123 Å². The molecule has 1 heterocycles. The molecular formula is C15H18N4O2. The molecule has 2 aromatic rings. The molecule has 3 rings (SSSR count). The number of hydrogen-bond donors (Lipinski definition) is 1. The van der Waals surface area contributed by atoms with Crippen molar-refractivity contribution >= 4 is 5.91 Å². The number of rotatable bonds is 6. The third kappa shape index (κ3) is 3.28. The number of hydrogen-bond acceptors (Lipinski definition) is 4. The lowest BCUT2D eigenvalue weighted by atomic mass is 10.2.